The first kappa shape index (κ1) is 11.7. The summed E-state index contributed by atoms with van der Waals surface area (Å²) in [5.41, 5.74) is -0.802. The third-order valence-electron chi connectivity index (χ3n) is 1.92. The minimum Gasteiger partial charge on any atom is -0.507 e. The number of hydrogen-bond acceptors (Lipinski definition) is 5. The summed E-state index contributed by atoms with van der Waals surface area (Å²) in [5.74, 6) is -0.446. The molecule has 8 heteroatoms. The van der Waals surface area contributed by atoms with Crippen molar-refractivity contribution in [1.82, 2.24) is 0 Å². The van der Waals surface area contributed by atoms with E-state index in [2.05, 4.69) is 4.52 Å². The molecule has 17 heavy (non-hydrogen) atoms. The van der Waals surface area contributed by atoms with Gasteiger partial charge in [0, 0.05) is 6.07 Å². The number of benzene rings is 1. The van der Waals surface area contributed by atoms with Crippen molar-refractivity contribution in [3.05, 3.63) is 34.7 Å². The first-order valence-electron chi connectivity index (χ1n) is 4.37. The molecule has 0 atom stereocenters. The van der Waals surface area contributed by atoms with Crippen molar-refractivity contribution in [3.8, 4) is 11.5 Å². The quantitative estimate of drug-likeness (QED) is 0.542. The smallest absolute Gasteiger partial charge is 0.507 e. The predicted octanol–water partition coefficient (Wildman–Crippen LogP) is 0.970. The van der Waals surface area contributed by atoms with Gasteiger partial charge in [-0.05, 0) is 12.1 Å². The van der Waals surface area contributed by atoms with E-state index in [0.29, 0.717) is 0 Å². The lowest BCUT2D eigenvalue weighted by molar-refractivity contribution is 0.283. The Hall–Kier alpha value is -1.82. The second-order valence-electron chi connectivity index (χ2n) is 3.19. The Bertz CT molecular complexity index is 669. The van der Waals surface area contributed by atoms with Crippen molar-refractivity contribution in [3.63, 3.8) is 0 Å². The summed E-state index contributed by atoms with van der Waals surface area (Å²) >= 11 is 0. The van der Waals surface area contributed by atoms with Crippen LogP contribution in [-0.2, 0) is 4.57 Å². The Morgan fingerprint density at radius 3 is 2.59 bits per heavy atom. The van der Waals surface area contributed by atoms with Crippen LogP contribution in [-0.4, -0.2) is 14.9 Å². The zero-order valence-corrected chi connectivity index (χ0v) is 9.13. The topological polar surface area (TPSA) is 117 Å². The summed E-state index contributed by atoms with van der Waals surface area (Å²) < 4.78 is 19.7. The van der Waals surface area contributed by atoms with Gasteiger partial charge in [0.15, 0.2) is 0 Å². The van der Waals surface area contributed by atoms with Gasteiger partial charge in [-0.2, -0.15) is 0 Å². The first-order valence-corrected chi connectivity index (χ1v) is 5.90. The van der Waals surface area contributed by atoms with Crippen molar-refractivity contribution in [1.29, 1.82) is 0 Å². The van der Waals surface area contributed by atoms with Crippen molar-refractivity contribution >= 4 is 18.8 Å². The molecule has 0 fully saturated rings. The van der Waals surface area contributed by atoms with E-state index < -0.39 is 13.4 Å². The summed E-state index contributed by atoms with van der Waals surface area (Å²) in [6.07, 6.45) is 0. The lowest BCUT2D eigenvalue weighted by Crippen LogP contribution is -1.96. The highest BCUT2D eigenvalue weighted by Gasteiger charge is 2.16. The molecule has 0 bridgehead atoms. The third-order valence-corrected chi connectivity index (χ3v) is 2.37. The van der Waals surface area contributed by atoms with E-state index in [1.165, 1.54) is 12.1 Å². The van der Waals surface area contributed by atoms with Gasteiger partial charge < -0.3 is 14.0 Å². The molecule has 0 saturated heterocycles. The SMILES string of the molecule is O=c1cc(O)c2ccc(OP(=O)(O)O)cc2o1. The summed E-state index contributed by atoms with van der Waals surface area (Å²) in [7, 11) is -4.67. The normalized spacial score (nSPS) is 11.6. The van der Waals surface area contributed by atoms with Gasteiger partial charge >= 0.3 is 13.4 Å². The van der Waals surface area contributed by atoms with Crippen LogP contribution in [0, 0.1) is 0 Å². The second-order valence-corrected chi connectivity index (χ2v) is 4.35. The summed E-state index contributed by atoms with van der Waals surface area (Å²) in [6, 6.07) is 4.56. The molecular formula is C9H7O7P. The van der Waals surface area contributed by atoms with Gasteiger partial charge in [-0.3, -0.25) is 9.79 Å². The van der Waals surface area contributed by atoms with Gasteiger partial charge in [-0.1, -0.05) is 0 Å². The van der Waals surface area contributed by atoms with Gasteiger partial charge in [0.2, 0.25) is 0 Å². The van der Waals surface area contributed by atoms with E-state index in [1.807, 2.05) is 0 Å². The van der Waals surface area contributed by atoms with Crippen LogP contribution in [0.5, 0.6) is 11.5 Å². The molecule has 0 unspecified atom stereocenters. The van der Waals surface area contributed by atoms with E-state index in [1.54, 1.807) is 0 Å². The highest BCUT2D eigenvalue weighted by atomic mass is 31.2. The molecule has 2 aromatic rings. The molecule has 1 aromatic heterocycles. The van der Waals surface area contributed by atoms with E-state index >= 15 is 0 Å². The molecular weight excluding hydrogens is 251 g/mol. The van der Waals surface area contributed by atoms with Gasteiger partial charge in [0.1, 0.15) is 17.1 Å². The second kappa shape index (κ2) is 3.89. The molecule has 0 aliphatic carbocycles. The van der Waals surface area contributed by atoms with Crippen LogP contribution in [0.3, 0.4) is 0 Å². The molecule has 0 spiro atoms. The van der Waals surface area contributed by atoms with Crippen LogP contribution in [0.4, 0.5) is 0 Å². The predicted molar refractivity (Wildman–Crippen MR) is 56.8 cm³/mol. The number of phosphoric ester groups is 1. The van der Waals surface area contributed by atoms with Crippen LogP contribution in [0.2, 0.25) is 0 Å². The maximum absolute atomic E-state index is 11.0. The highest BCUT2D eigenvalue weighted by Crippen LogP contribution is 2.38. The van der Waals surface area contributed by atoms with Crippen molar-refractivity contribution < 1.29 is 28.4 Å². The van der Waals surface area contributed by atoms with E-state index in [-0.39, 0.29) is 22.5 Å². The zero-order valence-electron chi connectivity index (χ0n) is 8.23. The van der Waals surface area contributed by atoms with Gasteiger partial charge in [-0.15, -0.1) is 0 Å². The minimum absolute atomic E-state index is 0.0269. The summed E-state index contributed by atoms with van der Waals surface area (Å²) in [5, 5.41) is 9.66. The lowest BCUT2D eigenvalue weighted by atomic mass is 10.2. The van der Waals surface area contributed by atoms with E-state index in [0.717, 1.165) is 12.1 Å². The van der Waals surface area contributed by atoms with E-state index in [4.69, 9.17) is 14.2 Å². The third kappa shape index (κ3) is 2.65. The number of rotatable bonds is 2. The number of hydrogen-bond donors (Lipinski definition) is 3. The van der Waals surface area contributed by atoms with Crippen molar-refractivity contribution in [2.45, 2.75) is 0 Å². The molecule has 0 aliphatic heterocycles. The molecule has 90 valence electrons. The monoisotopic (exact) mass is 258 g/mol. The Morgan fingerprint density at radius 1 is 1.24 bits per heavy atom. The fourth-order valence-corrected chi connectivity index (χ4v) is 1.71. The Morgan fingerprint density at radius 2 is 1.94 bits per heavy atom. The zero-order chi connectivity index (χ0) is 12.6. The number of phosphoric acid groups is 1. The van der Waals surface area contributed by atoms with Gasteiger partial charge in [0.05, 0.1) is 11.5 Å². The minimum atomic E-state index is -4.67. The summed E-state index contributed by atoms with van der Waals surface area (Å²) in [4.78, 5) is 28.2. The standard InChI is InChI=1S/C9H7O7P/c10-7-4-9(11)15-8-3-5(1-2-6(7)8)16-17(12,13)14/h1-4,10H,(H2,12,13,14). The molecule has 0 saturated carbocycles. The number of aromatic hydroxyl groups is 1. The fraction of sp³-hybridized carbons (Fsp3) is 0. The Labute approximate surface area is 94.1 Å². The Kier molecular flexibility index (Phi) is 2.66. The van der Waals surface area contributed by atoms with Crippen LogP contribution in [0.15, 0.2) is 33.5 Å². The van der Waals surface area contributed by atoms with Crippen LogP contribution >= 0.6 is 7.82 Å². The molecule has 0 radical (unpaired) electrons. The van der Waals surface area contributed by atoms with Crippen LogP contribution in [0.25, 0.3) is 11.0 Å². The Balaban J connectivity index is 2.58. The van der Waals surface area contributed by atoms with Crippen LogP contribution in [0.1, 0.15) is 0 Å². The van der Waals surface area contributed by atoms with Crippen molar-refractivity contribution in [2.75, 3.05) is 0 Å². The van der Waals surface area contributed by atoms with Crippen molar-refractivity contribution in [2.24, 2.45) is 0 Å². The molecule has 1 aromatic carbocycles. The molecule has 3 N–H and O–H groups in total. The average Bonchev–Trinajstić information content (AvgIpc) is 2.13. The summed E-state index contributed by atoms with van der Waals surface area (Å²) in [6.45, 7) is 0. The highest BCUT2D eigenvalue weighted by molar-refractivity contribution is 7.46. The molecule has 1 heterocycles. The lowest BCUT2D eigenvalue weighted by Gasteiger charge is -2.07. The fourth-order valence-electron chi connectivity index (χ4n) is 1.32. The van der Waals surface area contributed by atoms with E-state index in [9.17, 15) is 14.5 Å². The average molecular weight is 258 g/mol. The van der Waals surface area contributed by atoms with Crippen LogP contribution < -0.4 is 10.1 Å². The maximum atomic E-state index is 11.0. The largest absolute Gasteiger partial charge is 0.524 e. The first-order chi connectivity index (χ1) is 7.85. The van der Waals surface area contributed by atoms with Gasteiger partial charge in [0.25, 0.3) is 0 Å². The maximum Gasteiger partial charge on any atom is 0.524 e. The molecule has 0 aliphatic rings. The molecule has 0 amide bonds. The number of fused-ring (bicyclic) bond motifs is 1. The molecule has 7 nitrogen and oxygen atoms in total. The van der Waals surface area contributed by atoms with Gasteiger partial charge in [-0.25, -0.2) is 9.36 Å². The molecule has 2 rings (SSSR count).